The minimum atomic E-state index is -0.235. The first-order chi connectivity index (χ1) is 7.69. The van der Waals surface area contributed by atoms with Crippen LogP contribution in [0.2, 0.25) is 0 Å². The summed E-state index contributed by atoms with van der Waals surface area (Å²) in [5.74, 6) is -0.235. The predicted octanol–water partition coefficient (Wildman–Crippen LogP) is 0.389. The molecule has 1 fully saturated rings. The Morgan fingerprint density at radius 3 is 2.88 bits per heavy atom. The van der Waals surface area contributed by atoms with Crippen LogP contribution in [0.4, 0.5) is 0 Å². The van der Waals surface area contributed by atoms with Gasteiger partial charge in [-0.15, -0.1) is 0 Å². The molecule has 1 aliphatic carbocycles. The smallest absolute Gasteiger partial charge is 0.267 e. The van der Waals surface area contributed by atoms with Crippen LogP contribution in [0.25, 0.3) is 0 Å². The molecular weight excluding hydrogens is 206 g/mol. The van der Waals surface area contributed by atoms with Gasteiger partial charge in [-0.3, -0.25) is 4.79 Å². The summed E-state index contributed by atoms with van der Waals surface area (Å²) in [6.07, 6.45) is 1.91. The first kappa shape index (κ1) is 10.7. The number of rotatable bonds is 4. The first-order valence-electron chi connectivity index (χ1n) is 5.17. The molecule has 0 saturated heterocycles. The van der Waals surface area contributed by atoms with Crippen molar-refractivity contribution in [1.82, 2.24) is 10.3 Å². The van der Waals surface area contributed by atoms with Gasteiger partial charge in [-0.1, -0.05) is 0 Å². The SMILES string of the molecule is N#Cc1ccc(C(=O)NCC2(CO)CC2)[nH]1. The largest absolute Gasteiger partial charge is 0.396 e. The van der Waals surface area contributed by atoms with Gasteiger partial charge in [0.25, 0.3) is 5.91 Å². The van der Waals surface area contributed by atoms with E-state index in [1.165, 1.54) is 0 Å². The van der Waals surface area contributed by atoms with E-state index in [-0.39, 0.29) is 17.9 Å². The van der Waals surface area contributed by atoms with Gasteiger partial charge in [0.15, 0.2) is 0 Å². The number of nitriles is 1. The Hall–Kier alpha value is -1.80. The second-order valence-corrected chi connectivity index (χ2v) is 4.24. The summed E-state index contributed by atoms with van der Waals surface area (Å²) in [7, 11) is 0. The van der Waals surface area contributed by atoms with Crippen molar-refractivity contribution in [2.45, 2.75) is 12.8 Å². The van der Waals surface area contributed by atoms with E-state index in [0.29, 0.717) is 17.9 Å². The van der Waals surface area contributed by atoms with Gasteiger partial charge in [-0.25, -0.2) is 0 Å². The van der Waals surface area contributed by atoms with Crippen molar-refractivity contribution in [2.24, 2.45) is 5.41 Å². The molecule has 1 saturated carbocycles. The molecule has 1 aliphatic rings. The van der Waals surface area contributed by atoms with Crippen LogP contribution in [0.5, 0.6) is 0 Å². The second kappa shape index (κ2) is 3.99. The van der Waals surface area contributed by atoms with Gasteiger partial charge < -0.3 is 15.4 Å². The lowest BCUT2D eigenvalue weighted by Gasteiger charge is -2.11. The molecule has 0 atom stereocenters. The van der Waals surface area contributed by atoms with E-state index >= 15 is 0 Å². The zero-order valence-electron chi connectivity index (χ0n) is 8.79. The van der Waals surface area contributed by atoms with Crippen molar-refractivity contribution in [3.63, 3.8) is 0 Å². The molecule has 0 unspecified atom stereocenters. The Labute approximate surface area is 93.1 Å². The third kappa shape index (κ3) is 2.07. The number of nitrogens with zero attached hydrogens (tertiary/aromatic N) is 1. The third-order valence-corrected chi connectivity index (χ3v) is 2.97. The third-order valence-electron chi connectivity index (χ3n) is 2.97. The van der Waals surface area contributed by atoms with Crippen LogP contribution < -0.4 is 5.32 Å². The van der Waals surface area contributed by atoms with E-state index in [9.17, 15) is 4.79 Å². The number of nitrogens with one attached hydrogen (secondary N) is 2. The van der Waals surface area contributed by atoms with E-state index in [4.69, 9.17) is 10.4 Å². The van der Waals surface area contributed by atoms with Crippen molar-refractivity contribution in [1.29, 1.82) is 5.26 Å². The molecule has 5 nitrogen and oxygen atoms in total. The standard InChI is InChI=1S/C11H13N3O2/c12-5-8-1-2-9(14-8)10(16)13-6-11(7-15)3-4-11/h1-2,14-15H,3-4,6-7H2,(H,13,16). The molecule has 84 valence electrons. The Morgan fingerprint density at radius 2 is 2.38 bits per heavy atom. The zero-order chi connectivity index (χ0) is 11.6. The maximum atomic E-state index is 11.6. The second-order valence-electron chi connectivity index (χ2n) is 4.24. The normalized spacial score (nSPS) is 16.5. The number of aliphatic hydroxyl groups excluding tert-OH is 1. The van der Waals surface area contributed by atoms with Crippen LogP contribution in [-0.4, -0.2) is 29.1 Å². The fourth-order valence-corrected chi connectivity index (χ4v) is 1.52. The molecule has 5 heteroatoms. The summed E-state index contributed by atoms with van der Waals surface area (Å²) in [5.41, 5.74) is 0.652. The summed E-state index contributed by atoms with van der Waals surface area (Å²) in [6, 6.07) is 5.06. The molecule has 1 aromatic heterocycles. The summed E-state index contributed by atoms with van der Waals surface area (Å²) in [5, 5.41) is 20.4. The number of hydrogen-bond donors (Lipinski definition) is 3. The van der Waals surface area contributed by atoms with Crippen LogP contribution >= 0.6 is 0 Å². The fraction of sp³-hybridized carbons (Fsp3) is 0.455. The van der Waals surface area contributed by atoms with Crippen LogP contribution in [0.1, 0.15) is 29.0 Å². The molecule has 0 bridgehead atoms. The molecule has 0 aliphatic heterocycles. The number of hydrogen-bond acceptors (Lipinski definition) is 3. The first-order valence-corrected chi connectivity index (χ1v) is 5.17. The Bertz CT molecular complexity index is 440. The predicted molar refractivity (Wildman–Crippen MR) is 56.6 cm³/mol. The van der Waals surface area contributed by atoms with Crippen LogP contribution in [0.3, 0.4) is 0 Å². The van der Waals surface area contributed by atoms with E-state index in [1.807, 2.05) is 6.07 Å². The highest BCUT2D eigenvalue weighted by Crippen LogP contribution is 2.44. The van der Waals surface area contributed by atoms with E-state index < -0.39 is 0 Å². The molecule has 1 heterocycles. The average Bonchev–Trinajstić information content (AvgIpc) is 2.94. The number of aromatic nitrogens is 1. The van der Waals surface area contributed by atoms with Gasteiger partial charge in [0.05, 0.1) is 6.61 Å². The van der Waals surface area contributed by atoms with Crippen molar-refractivity contribution in [3.05, 3.63) is 23.5 Å². The van der Waals surface area contributed by atoms with Gasteiger partial charge in [-0.2, -0.15) is 5.26 Å². The van der Waals surface area contributed by atoms with E-state index in [0.717, 1.165) is 12.8 Å². The lowest BCUT2D eigenvalue weighted by atomic mass is 10.1. The van der Waals surface area contributed by atoms with Crippen LogP contribution in [-0.2, 0) is 0 Å². The topological polar surface area (TPSA) is 88.9 Å². The average molecular weight is 219 g/mol. The quantitative estimate of drug-likeness (QED) is 0.684. The van der Waals surface area contributed by atoms with Crippen LogP contribution in [0, 0.1) is 16.7 Å². The Morgan fingerprint density at radius 1 is 1.62 bits per heavy atom. The van der Waals surface area contributed by atoms with Gasteiger partial charge in [0.2, 0.25) is 0 Å². The molecule has 0 aromatic carbocycles. The molecular formula is C11H13N3O2. The van der Waals surface area contributed by atoms with Gasteiger partial charge in [0.1, 0.15) is 17.5 Å². The van der Waals surface area contributed by atoms with Crippen molar-refractivity contribution in [2.75, 3.05) is 13.2 Å². The van der Waals surface area contributed by atoms with E-state index in [1.54, 1.807) is 12.1 Å². The molecule has 0 spiro atoms. The number of amides is 1. The van der Waals surface area contributed by atoms with E-state index in [2.05, 4.69) is 10.3 Å². The highest BCUT2D eigenvalue weighted by molar-refractivity contribution is 5.92. The molecule has 2 rings (SSSR count). The summed E-state index contributed by atoms with van der Waals surface area (Å²) in [6.45, 7) is 0.602. The molecule has 1 aromatic rings. The van der Waals surface area contributed by atoms with Gasteiger partial charge in [-0.05, 0) is 25.0 Å². The molecule has 0 radical (unpaired) electrons. The summed E-state index contributed by atoms with van der Waals surface area (Å²) < 4.78 is 0. The number of H-pyrrole nitrogens is 1. The molecule has 3 N–H and O–H groups in total. The van der Waals surface area contributed by atoms with Crippen molar-refractivity contribution >= 4 is 5.91 Å². The maximum absolute atomic E-state index is 11.6. The van der Waals surface area contributed by atoms with Crippen molar-refractivity contribution < 1.29 is 9.90 Å². The Kier molecular flexibility index (Phi) is 2.67. The number of aromatic amines is 1. The van der Waals surface area contributed by atoms with Gasteiger partial charge in [0, 0.05) is 12.0 Å². The number of carbonyl (C=O) groups excluding carboxylic acids is 1. The van der Waals surface area contributed by atoms with Crippen molar-refractivity contribution in [3.8, 4) is 6.07 Å². The Balaban J connectivity index is 1.91. The monoisotopic (exact) mass is 219 g/mol. The highest BCUT2D eigenvalue weighted by Gasteiger charge is 2.42. The summed E-state index contributed by atoms with van der Waals surface area (Å²) in [4.78, 5) is 14.3. The zero-order valence-corrected chi connectivity index (χ0v) is 8.79. The fourth-order valence-electron chi connectivity index (χ4n) is 1.52. The van der Waals surface area contributed by atoms with Gasteiger partial charge >= 0.3 is 0 Å². The number of aliphatic hydroxyl groups is 1. The molecule has 1 amide bonds. The lowest BCUT2D eigenvalue weighted by Crippen LogP contribution is -2.32. The molecule has 16 heavy (non-hydrogen) atoms. The maximum Gasteiger partial charge on any atom is 0.267 e. The van der Waals surface area contributed by atoms with Crippen LogP contribution in [0.15, 0.2) is 12.1 Å². The number of carbonyl (C=O) groups is 1. The highest BCUT2D eigenvalue weighted by atomic mass is 16.3. The minimum Gasteiger partial charge on any atom is -0.396 e. The minimum absolute atomic E-state index is 0.0969. The lowest BCUT2D eigenvalue weighted by molar-refractivity contribution is 0.0931. The summed E-state index contributed by atoms with van der Waals surface area (Å²) >= 11 is 0.